The average Bonchev–Trinajstić information content (AvgIpc) is 3.72. The number of carbonyl (C=O) groups excluding carboxylic acids is 2. The second-order valence-electron chi connectivity index (χ2n) is 10.6. The number of imidazole rings is 1. The number of alkyl halides is 3. The fourth-order valence-corrected chi connectivity index (χ4v) is 4.98. The van der Waals surface area contributed by atoms with Gasteiger partial charge in [-0.3, -0.25) is 14.6 Å². The van der Waals surface area contributed by atoms with Gasteiger partial charge in [0, 0.05) is 52.3 Å². The third-order valence-electron chi connectivity index (χ3n) is 7.35. The molecule has 2 aliphatic heterocycles. The Hall–Kier alpha value is -6.09. The highest BCUT2D eigenvalue weighted by Crippen LogP contribution is 2.33. The molecule has 0 fully saturated rings. The maximum atomic E-state index is 13.6. The normalized spacial score (nSPS) is 15.3. The van der Waals surface area contributed by atoms with Gasteiger partial charge >= 0.3 is 6.18 Å². The van der Waals surface area contributed by atoms with Gasteiger partial charge in [-0.2, -0.15) is 13.2 Å². The second kappa shape index (κ2) is 12.1. The highest BCUT2D eigenvalue weighted by Gasteiger charge is 2.32. The lowest BCUT2D eigenvalue weighted by Gasteiger charge is -2.25. The summed E-state index contributed by atoms with van der Waals surface area (Å²) < 4.78 is 42.3. The minimum Gasteiger partial charge on any atom is -0.366 e. The number of nitrogens with two attached hydrogens (primary N) is 1. The zero-order chi connectivity index (χ0) is 32.4. The Morgan fingerprint density at radius 2 is 1.89 bits per heavy atom. The van der Waals surface area contributed by atoms with Crippen molar-refractivity contribution in [1.82, 2.24) is 14.5 Å². The number of nitrogens with zero attached hydrogens (tertiary/aromatic N) is 4. The van der Waals surface area contributed by atoms with E-state index in [4.69, 9.17) is 5.73 Å². The first-order chi connectivity index (χ1) is 22.0. The van der Waals surface area contributed by atoms with Crippen LogP contribution in [0.2, 0.25) is 0 Å². The fourth-order valence-electron chi connectivity index (χ4n) is 4.98. The molecule has 230 valence electrons. The molecular formula is C34H26F3N7O2. The predicted octanol–water partition coefficient (Wildman–Crippen LogP) is 5.51. The van der Waals surface area contributed by atoms with E-state index in [0.717, 1.165) is 23.4 Å². The summed E-state index contributed by atoms with van der Waals surface area (Å²) in [7, 11) is 0. The number of aryl methyl sites for hydroxylation is 1. The Balaban J connectivity index is 1.18. The van der Waals surface area contributed by atoms with E-state index in [1.54, 1.807) is 36.4 Å². The number of hydrogen-bond donors (Lipinski definition) is 3. The van der Waals surface area contributed by atoms with Gasteiger partial charge in [0.15, 0.2) is 5.84 Å². The smallest absolute Gasteiger partial charge is 0.366 e. The van der Waals surface area contributed by atoms with Gasteiger partial charge in [0.25, 0.3) is 5.91 Å². The molecule has 0 aliphatic carbocycles. The highest BCUT2D eigenvalue weighted by molar-refractivity contribution is 6.05. The summed E-state index contributed by atoms with van der Waals surface area (Å²) in [5.41, 5.74) is 8.17. The number of primary amides is 1. The highest BCUT2D eigenvalue weighted by atomic mass is 19.4. The Morgan fingerprint density at radius 1 is 1.04 bits per heavy atom. The van der Waals surface area contributed by atoms with Crippen LogP contribution in [-0.4, -0.2) is 44.7 Å². The summed E-state index contributed by atoms with van der Waals surface area (Å²) in [4.78, 5) is 35.3. The monoisotopic (exact) mass is 621 g/mol. The molecule has 6 rings (SSSR count). The van der Waals surface area contributed by atoms with Crippen LogP contribution in [0.15, 0.2) is 108 Å². The summed E-state index contributed by atoms with van der Waals surface area (Å²) >= 11 is 0. The van der Waals surface area contributed by atoms with Gasteiger partial charge < -0.3 is 25.8 Å². The molecule has 2 amide bonds. The number of halogens is 3. The zero-order valence-electron chi connectivity index (χ0n) is 24.3. The number of nitrogens with one attached hydrogen (secondary N) is 2. The van der Waals surface area contributed by atoms with Crippen LogP contribution in [0, 0.1) is 18.8 Å². The van der Waals surface area contributed by atoms with Crippen LogP contribution < -0.4 is 16.4 Å². The van der Waals surface area contributed by atoms with Gasteiger partial charge in [-0.25, -0.2) is 4.98 Å². The lowest BCUT2D eigenvalue weighted by atomic mass is 10.0. The van der Waals surface area contributed by atoms with Gasteiger partial charge in [-0.1, -0.05) is 24.0 Å². The fraction of sp³-hybridized carbons (Fsp3) is 0.118. The van der Waals surface area contributed by atoms with Crippen LogP contribution >= 0.6 is 0 Å². The van der Waals surface area contributed by atoms with Crippen LogP contribution in [0.1, 0.15) is 37.4 Å². The molecule has 0 saturated carbocycles. The Kier molecular flexibility index (Phi) is 7.90. The first kappa shape index (κ1) is 30.0. The summed E-state index contributed by atoms with van der Waals surface area (Å²) in [6.45, 7) is 2.26. The average molecular weight is 622 g/mol. The maximum absolute atomic E-state index is 13.6. The van der Waals surface area contributed by atoms with Crippen LogP contribution in [-0.2, 0) is 6.18 Å². The maximum Gasteiger partial charge on any atom is 0.416 e. The first-order valence-corrected chi connectivity index (χ1v) is 14.1. The van der Waals surface area contributed by atoms with E-state index in [1.165, 1.54) is 29.4 Å². The summed E-state index contributed by atoms with van der Waals surface area (Å²) in [5, 5.41) is 5.88. The molecule has 4 aromatic rings. The van der Waals surface area contributed by atoms with Crippen molar-refractivity contribution in [3.63, 3.8) is 0 Å². The number of amides is 2. The van der Waals surface area contributed by atoms with Crippen LogP contribution in [0.3, 0.4) is 0 Å². The van der Waals surface area contributed by atoms with Crippen molar-refractivity contribution >= 4 is 29.0 Å². The molecule has 1 atom stereocenters. The third-order valence-corrected chi connectivity index (χ3v) is 7.35. The van der Waals surface area contributed by atoms with Crippen molar-refractivity contribution in [2.75, 3.05) is 17.2 Å². The van der Waals surface area contributed by atoms with Crippen molar-refractivity contribution < 1.29 is 22.8 Å². The lowest BCUT2D eigenvalue weighted by Crippen LogP contribution is -2.34. The summed E-state index contributed by atoms with van der Waals surface area (Å²) in [6.07, 6.45) is 5.34. The third kappa shape index (κ3) is 6.39. The number of aliphatic imine (C=N–C) groups is 1. The Labute approximate surface area is 262 Å². The molecule has 1 unspecified atom stereocenters. The van der Waals surface area contributed by atoms with Gasteiger partial charge in [0.2, 0.25) is 5.91 Å². The molecule has 3 heterocycles. The zero-order valence-corrected chi connectivity index (χ0v) is 24.3. The number of carbonyl (C=O) groups is 2. The number of hydrogen-bond acceptors (Lipinski definition) is 6. The Morgan fingerprint density at radius 3 is 2.65 bits per heavy atom. The summed E-state index contributed by atoms with van der Waals surface area (Å²) in [6, 6.07) is 14.9. The molecule has 3 aromatic carbocycles. The van der Waals surface area contributed by atoms with Crippen molar-refractivity contribution in [1.29, 1.82) is 0 Å². The quantitative estimate of drug-likeness (QED) is 0.246. The number of amidine groups is 1. The van der Waals surface area contributed by atoms with E-state index in [0.29, 0.717) is 29.2 Å². The van der Waals surface area contributed by atoms with E-state index < -0.39 is 23.6 Å². The molecule has 0 bridgehead atoms. The molecule has 2 aliphatic rings. The van der Waals surface area contributed by atoms with E-state index in [9.17, 15) is 22.8 Å². The summed E-state index contributed by atoms with van der Waals surface area (Å²) in [5.74, 6) is 5.98. The number of allylic oxidation sites excluding steroid dienone is 2. The topological polar surface area (TPSA) is 118 Å². The molecule has 0 radical (unpaired) electrons. The number of benzene rings is 3. The van der Waals surface area contributed by atoms with Crippen LogP contribution in [0.5, 0.6) is 0 Å². The predicted molar refractivity (Wildman–Crippen MR) is 168 cm³/mol. The first-order valence-electron chi connectivity index (χ1n) is 14.1. The molecule has 12 heteroatoms. The van der Waals surface area contributed by atoms with Crippen LogP contribution in [0.4, 0.5) is 24.5 Å². The SMILES string of the molecule is Cc1ccc(C(=O)Nc2cc(-n3ccnc3)cc(C(F)(F)F)c2)cc1C#CC1CN=C2C(Nc3cccc(C(N)=O)c3)=CC=CN21. The lowest BCUT2D eigenvalue weighted by molar-refractivity contribution is -0.137. The molecule has 1 aromatic heterocycles. The Bertz CT molecular complexity index is 2000. The van der Waals surface area contributed by atoms with E-state index in [1.807, 2.05) is 36.2 Å². The standard InChI is InChI=1S/C34H26F3N7O2/c1-21-7-8-24(33(46)42-27-16-25(34(35,36)37)17-29(18-27)43-13-11-39-20-43)14-22(21)9-10-28-19-40-32-30(6-3-12-44(28)32)41-26-5-2-4-23(15-26)31(38)45/h2-8,11-18,20,28,41H,19H2,1H3,(H2,38,45)(H,42,46). The molecule has 4 N–H and O–H groups in total. The molecular weight excluding hydrogens is 595 g/mol. The number of rotatable bonds is 6. The van der Waals surface area contributed by atoms with Crippen molar-refractivity contribution in [2.24, 2.45) is 10.7 Å². The minimum atomic E-state index is -4.61. The van der Waals surface area contributed by atoms with Crippen molar-refractivity contribution in [2.45, 2.75) is 19.1 Å². The number of aromatic nitrogens is 2. The van der Waals surface area contributed by atoms with Crippen molar-refractivity contribution in [3.05, 3.63) is 131 Å². The van der Waals surface area contributed by atoms with Gasteiger partial charge in [0.1, 0.15) is 6.04 Å². The molecule has 46 heavy (non-hydrogen) atoms. The largest absolute Gasteiger partial charge is 0.416 e. The second-order valence-corrected chi connectivity index (χ2v) is 10.6. The van der Waals surface area contributed by atoms with E-state index >= 15 is 0 Å². The van der Waals surface area contributed by atoms with Crippen LogP contribution in [0.25, 0.3) is 5.69 Å². The minimum absolute atomic E-state index is 0.0110. The number of fused-ring (bicyclic) bond motifs is 1. The van der Waals surface area contributed by atoms with E-state index in [2.05, 4.69) is 32.5 Å². The van der Waals surface area contributed by atoms with Gasteiger partial charge in [-0.05, 0) is 73.2 Å². The molecule has 0 spiro atoms. The molecule has 0 saturated heterocycles. The van der Waals surface area contributed by atoms with E-state index in [-0.39, 0.29) is 23.0 Å². The van der Waals surface area contributed by atoms with Gasteiger partial charge in [0.05, 0.1) is 24.1 Å². The van der Waals surface area contributed by atoms with Gasteiger partial charge in [-0.15, -0.1) is 0 Å². The van der Waals surface area contributed by atoms with Crippen molar-refractivity contribution in [3.8, 4) is 17.5 Å². The molecule has 9 nitrogen and oxygen atoms in total. The number of anilines is 2.